The molecule has 6 heteroatoms. The van der Waals surface area contributed by atoms with E-state index >= 15 is 0 Å². The molecule has 0 radical (unpaired) electrons. The molecule has 1 aromatic rings. The molecule has 0 bridgehead atoms. The number of hydrogen-bond donors (Lipinski definition) is 2. The van der Waals surface area contributed by atoms with E-state index < -0.39 is 11.7 Å². The van der Waals surface area contributed by atoms with E-state index in [0.29, 0.717) is 13.1 Å². The maximum absolute atomic E-state index is 11.5. The Labute approximate surface area is 133 Å². The van der Waals surface area contributed by atoms with Crippen molar-refractivity contribution in [2.45, 2.75) is 40.2 Å². The van der Waals surface area contributed by atoms with Gasteiger partial charge in [-0.3, -0.25) is 0 Å². The lowest BCUT2D eigenvalue weighted by Gasteiger charge is -2.20. The van der Waals surface area contributed by atoms with Crippen LogP contribution in [0.2, 0.25) is 0 Å². The Kier molecular flexibility index (Phi) is 6.95. The van der Waals surface area contributed by atoms with Crippen LogP contribution in [0.1, 0.15) is 34.6 Å². The van der Waals surface area contributed by atoms with Crippen LogP contribution in [0, 0.1) is 0 Å². The van der Waals surface area contributed by atoms with Crippen molar-refractivity contribution in [1.82, 2.24) is 10.3 Å². The number of carbonyl (C=O) groups is 1. The first-order valence-electron chi connectivity index (χ1n) is 7.77. The van der Waals surface area contributed by atoms with Crippen molar-refractivity contribution in [3.05, 3.63) is 18.3 Å². The van der Waals surface area contributed by atoms with Crippen LogP contribution in [0.4, 0.5) is 16.3 Å². The Bertz CT molecular complexity index is 450. The maximum Gasteiger partial charge on any atom is 0.407 e. The lowest BCUT2D eigenvalue weighted by Crippen LogP contribution is -2.35. The summed E-state index contributed by atoms with van der Waals surface area (Å²) in [6, 6.07) is 3.99. The average molecular weight is 308 g/mol. The second kappa shape index (κ2) is 8.46. The molecule has 2 N–H and O–H groups in total. The van der Waals surface area contributed by atoms with Crippen LogP contribution in [-0.4, -0.2) is 42.9 Å². The van der Waals surface area contributed by atoms with E-state index in [2.05, 4.69) is 34.4 Å². The highest BCUT2D eigenvalue weighted by molar-refractivity contribution is 5.67. The predicted molar refractivity (Wildman–Crippen MR) is 90.5 cm³/mol. The standard InChI is InChI=1S/C16H28N4O2/c1-6-20(7-2)14-9-8-13(12-19-14)17-10-11-18-15(21)22-16(3,4)5/h8-9,12,17H,6-7,10-11H2,1-5H3,(H,18,21). The number of nitrogens with one attached hydrogen (secondary N) is 2. The Hall–Kier alpha value is -1.98. The van der Waals surface area contributed by atoms with Gasteiger partial charge in [0.1, 0.15) is 11.4 Å². The van der Waals surface area contributed by atoms with Crippen molar-refractivity contribution in [1.29, 1.82) is 0 Å². The van der Waals surface area contributed by atoms with Gasteiger partial charge in [0.2, 0.25) is 0 Å². The molecular weight excluding hydrogens is 280 g/mol. The van der Waals surface area contributed by atoms with Gasteiger partial charge >= 0.3 is 6.09 Å². The van der Waals surface area contributed by atoms with Crippen molar-refractivity contribution in [2.24, 2.45) is 0 Å². The molecule has 0 unspecified atom stereocenters. The van der Waals surface area contributed by atoms with Crippen molar-refractivity contribution < 1.29 is 9.53 Å². The highest BCUT2D eigenvalue weighted by atomic mass is 16.6. The number of nitrogens with zero attached hydrogens (tertiary/aromatic N) is 2. The number of anilines is 2. The largest absolute Gasteiger partial charge is 0.444 e. The molecule has 0 aliphatic rings. The van der Waals surface area contributed by atoms with Crippen LogP contribution in [0.3, 0.4) is 0 Å². The monoisotopic (exact) mass is 308 g/mol. The third-order valence-electron chi connectivity index (χ3n) is 2.96. The van der Waals surface area contributed by atoms with E-state index in [4.69, 9.17) is 4.74 Å². The van der Waals surface area contributed by atoms with E-state index in [9.17, 15) is 4.79 Å². The first-order chi connectivity index (χ1) is 10.4. The van der Waals surface area contributed by atoms with Crippen molar-refractivity contribution in [2.75, 3.05) is 36.4 Å². The molecule has 0 spiro atoms. The van der Waals surface area contributed by atoms with Gasteiger partial charge in [-0.25, -0.2) is 9.78 Å². The highest BCUT2D eigenvalue weighted by Crippen LogP contribution is 2.13. The molecule has 1 aromatic heterocycles. The smallest absolute Gasteiger partial charge is 0.407 e. The van der Waals surface area contributed by atoms with Gasteiger partial charge in [-0.05, 0) is 46.8 Å². The van der Waals surface area contributed by atoms with Gasteiger partial charge in [0.15, 0.2) is 0 Å². The molecule has 22 heavy (non-hydrogen) atoms. The molecule has 6 nitrogen and oxygen atoms in total. The summed E-state index contributed by atoms with van der Waals surface area (Å²) in [7, 11) is 0. The van der Waals surface area contributed by atoms with Gasteiger partial charge < -0.3 is 20.3 Å². The zero-order valence-corrected chi connectivity index (χ0v) is 14.3. The zero-order valence-electron chi connectivity index (χ0n) is 14.3. The van der Waals surface area contributed by atoms with Gasteiger partial charge in [-0.1, -0.05) is 0 Å². The van der Waals surface area contributed by atoms with Crippen molar-refractivity contribution in [3.63, 3.8) is 0 Å². The minimum atomic E-state index is -0.471. The highest BCUT2D eigenvalue weighted by Gasteiger charge is 2.15. The zero-order chi connectivity index (χ0) is 16.6. The molecule has 1 rings (SSSR count). The van der Waals surface area contributed by atoms with Crippen LogP contribution < -0.4 is 15.5 Å². The third kappa shape index (κ3) is 6.65. The summed E-state index contributed by atoms with van der Waals surface area (Å²) in [6.07, 6.45) is 1.41. The summed E-state index contributed by atoms with van der Waals surface area (Å²) in [5.74, 6) is 0.974. The van der Waals surface area contributed by atoms with Crippen LogP contribution in [0.5, 0.6) is 0 Å². The molecule has 124 valence electrons. The van der Waals surface area contributed by atoms with E-state index in [1.807, 2.05) is 32.9 Å². The van der Waals surface area contributed by atoms with E-state index in [1.165, 1.54) is 0 Å². The Morgan fingerprint density at radius 3 is 2.41 bits per heavy atom. The molecule has 0 atom stereocenters. The fourth-order valence-corrected chi connectivity index (χ4v) is 1.91. The van der Waals surface area contributed by atoms with Gasteiger partial charge in [-0.15, -0.1) is 0 Å². The van der Waals surface area contributed by atoms with Crippen molar-refractivity contribution in [3.8, 4) is 0 Å². The molecule has 1 heterocycles. The third-order valence-corrected chi connectivity index (χ3v) is 2.96. The number of hydrogen-bond acceptors (Lipinski definition) is 5. The Morgan fingerprint density at radius 1 is 1.23 bits per heavy atom. The minimum absolute atomic E-state index is 0.399. The molecule has 0 saturated heterocycles. The first-order valence-corrected chi connectivity index (χ1v) is 7.77. The molecule has 0 fully saturated rings. The van der Waals surface area contributed by atoms with E-state index in [-0.39, 0.29) is 0 Å². The number of alkyl carbamates (subject to hydrolysis) is 1. The number of carbonyl (C=O) groups excluding carboxylic acids is 1. The molecule has 1 amide bonds. The molecule has 0 aliphatic heterocycles. The topological polar surface area (TPSA) is 66.5 Å². The van der Waals surface area contributed by atoms with Crippen molar-refractivity contribution >= 4 is 17.6 Å². The van der Waals surface area contributed by atoms with Gasteiger partial charge in [0.25, 0.3) is 0 Å². The van der Waals surface area contributed by atoms with Crippen LogP contribution >= 0.6 is 0 Å². The quantitative estimate of drug-likeness (QED) is 0.758. The first kappa shape index (κ1) is 18.1. The number of pyridine rings is 1. The number of aromatic nitrogens is 1. The van der Waals surface area contributed by atoms with E-state index in [0.717, 1.165) is 24.6 Å². The Balaban J connectivity index is 2.32. The van der Waals surface area contributed by atoms with E-state index in [1.54, 1.807) is 6.20 Å². The molecule has 0 saturated carbocycles. The van der Waals surface area contributed by atoms with Crippen LogP contribution in [0.25, 0.3) is 0 Å². The lowest BCUT2D eigenvalue weighted by molar-refractivity contribution is 0.0530. The minimum Gasteiger partial charge on any atom is -0.444 e. The second-order valence-electron chi connectivity index (χ2n) is 5.93. The maximum atomic E-state index is 11.5. The Morgan fingerprint density at radius 2 is 1.91 bits per heavy atom. The fraction of sp³-hybridized carbons (Fsp3) is 0.625. The molecule has 0 aromatic carbocycles. The normalized spacial score (nSPS) is 11.0. The number of amides is 1. The summed E-state index contributed by atoms with van der Waals surface area (Å²) in [5.41, 5.74) is 0.462. The number of ether oxygens (including phenoxy) is 1. The van der Waals surface area contributed by atoms with Gasteiger partial charge in [0.05, 0.1) is 11.9 Å². The fourth-order valence-electron chi connectivity index (χ4n) is 1.91. The van der Waals surface area contributed by atoms with Gasteiger partial charge in [-0.2, -0.15) is 0 Å². The number of rotatable bonds is 7. The summed E-state index contributed by atoms with van der Waals surface area (Å²) in [6.45, 7) is 12.7. The van der Waals surface area contributed by atoms with Crippen LogP contribution in [-0.2, 0) is 4.74 Å². The van der Waals surface area contributed by atoms with Gasteiger partial charge in [0, 0.05) is 26.2 Å². The van der Waals surface area contributed by atoms with Crippen LogP contribution in [0.15, 0.2) is 18.3 Å². The summed E-state index contributed by atoms with van der Waals surface area (Å²) in [5, 5.41) is 5.92. The summed E-state index contributed by atoms with van der Waals surface area (Å²) in [4.78, 5) is 18.1. The summed E-state index contributed by atoms with van der Waals surface area (Å²) >= 11 is 0. The molecular formula is C16H28N4O2. The summed E-state index contributed by atoms with van der Waals surface area (Å²) < 4.78 is 5.16. The second-order valence-corrected chi connectivity index (χ2v) is 5.93. The molecule has 0 aliphatic carbocycles. The average Bonchev–Trinajstić information content (AvgIpc) is 2.44. The predicted octanol–water partition coefficient (Wildman–Crippen LogP) is 2.86. The SMILES string of the molecule is CCN(CC)c1ccc(NCCNC(=O)OC(C)(C)C)cn1. The lowest BCUT2D eigenvalue weighted by atomic mass is 10.2.